The van der Waals surface area contributed by atoms with E-state index in [0.717, 1.165) is 12.8 Å². The van der Waals surface area contributed by atoms with E-state index in [1.807, 2.05) is 18.9 Å². The molecule has 2 atom stereocenters. The van der Waals surface area contributed by atoms with Crippen molar-refractivity contribution in [1.82, 2.24) is 4.90 Å². The zero-order valence-electron chi connectivity index (χ0n) is 11.4. The number of hydrogen-bond donors (Lipinski definition) is 1. The maximum absolute atomic E-state index is 11.5. The fourth-order valence-electron chi connectivity index (χ4n) is 2.24. The van der Waals surface area contributed by atoms with E-state index in [1.165, 1.54) is 0 Å². The van der Waals surface area contributed by atoms with Crippen LogP contribution < -0.4 is 0 Å². The van der Waals surface area contributed by atoms with Gasteiger partial charge >= 0.3 is 5.97 Å². The van der Waals surface area contributed by atoms with Crippen molar-refractivity contribution in [3.8, 4) is 0 Å². The van der Waals surface area contributed by atoms with Gasteiger partial charge in [0.25, 0.3) is 0 Å². The molecule has 1 aliphatic rings. The Balaban J connectivity index is 2.92. The van der Waals surface area contributed by atoms with Gasteiger partial charge in [0.15, 0.2) is 0 Å². The minimum Gasteiger partial charge on any atom is -0.480 e. The van der Waals surface area contributed by atoms with Gasteiger partial charge in [0, 0.05) is 6.04 Å². The zero-order valence-corrected chi connectivity index (χ0v) is 11.4. The van der Waals surface area contributed by atoms with E-state index in [9.17, 15) is 9.90 Å². The molecular weight excluding hydrogens is 202 g/mol. The van der Waals surface area contributed by atoms with E-state index in [0.29, 0.717) is 5.92 Å². The summed E-state index contributed by atoms with van der Waals surface area (Å²) in [5, 5.41) is 9.49. The number of carboxylic acids is 1. The number of carboxylic acid groups (broad SMARTS) is 1. The summed E-state index contributed by atoms with van der Waals surface area (Å²) in [4.78, 5) is 13.6. The summed E-state index contributed by atoms with van der Waals surface area (Å²) in [6.07, 6.45) is 2.09. The fourth-order valence-corrected chi connectivity index (χ4v) is 2.24. The topological polar surface area (TPSA) is 40.5 Å². The number of carbonyl (C=O) groups is 1. The molecular formula is C13H25NO2. The smallest absolute Gasteiger partial charge is 0.324 e. The summed E-state index contributed by atoms with van der Waals surface area (Å²) in [5.41, 5.74) is -0.604. The summed E-state index contributed by atoms with van der Waals surface area (Å²) < 4.78 is 0. The van der Waals surface area contributed by atoms with Crippen LogP contribution >= 0.6 is 0 Å². The van der Waals surface area contributed by atoms with Crippen LogP contribution in [-0.2, 0) is 4.79 Å². The average molecular weight is 227 g/mol. The number of hydrogen-bond acceptors (Lipinski definition) is 2. The second kappa shape index (κ2) is 4.02. The van der Waals surface area contributed by atoms with E-state index in [-0.39, 0.29) is 11.5 Å². The van der Waals surface area contributed by atoms with Gasteiger partial charge in [-0.3, -0.25) is 9.69 Å². The third-order valence-corrected chi connectivity index (χ3v) is 4.37. The van der Waals surface area contributed by atoms with Crippen LogP contribution in [0, 0.1) is 11.3 Å². The van der Waals surface area contributed by atoms with Crippen LogP contribution in [-0.4, -0.2) is 34.6 Å². The van der Waals surface area contributed by atoms with Crippen LogP contribution in [0.4, 0.5) is 0 Å². The third-order valence-electron chi connectivity index (χ3n) is 4.37. The summed E-state index contributed by atoms with van der Waals surface area (Å²) in [7, 11) is 1.95. The summed E-state index contributed by atoms with van der Waals surface area (Å²) in [5.74, 6) is -0.367. The van der Waals surface area contributed by atoms with Crippen LogP contribution in [0.2, 0.25) is 0 Å². The molecule has 94 valence electrons. The summed E-state index contributed by atoms with van der Waals surface area (Å²) in [6, 6.07) is 0.245. The van der Waals surface area contributed by atoms with Gasteiger partial charge in [-0.15, -0.1) is 0 Å². The maximum atomic E-state index is 11.5. The molecule has 0 radical (unpaired) electrons. The van der Waals surface area contributed by atoms with Crippen LogP contribution in [0.3, 0.4) is 0 Å². The Kier molecular flexibility index (Phi) is 3.39. The van der Waals surface area contributed by atoms with Gasteiger partial charge in [0.05, 0.1) is 0 Å². The van der Waals surface area contributed by atoms with Gasteiger partial charge in [-0.2, -0.15) is 0 Å². The molecule has 1 N–H and O–H groups in total. The first-order valence-electron chi connectivity index (χ1n) is 6.08. The first-order valence-corrected chi connectivity index (χ1v) is 6.08. The predicted molar refractivity (Wildman–Crippen MR) is 65.4 cm³/mol. The van der Waals surface area contributed by atoms with Crippen molar-refractivity contribution in [3.63, 3.8) is 0 Å². The highest BCUT2D eigenvalue weighted by atomic mass is 16.4. The normalized spacial score (nSPS) is 22.9. The lowest BCUT2D eigenvalue weighted by Crippen LogP contribution is -2.58. The zero-order chi connectivity index (χ0) is 12.7. The Labute approximate surface area is 98.8 Å². The van der Waals surface area contributed by atoms with Crippen molar-refractivity contribution in [3.05, 3.63) is 0 Å². The third kappa shape index (κ3) is 2.24. The summed E-state index contributed by atoms with van der Waals surface area (Å²) in [6.45, 7) is 10.5. The van der Waals surface area contributed by atoms with Crippen molar-refractivity contribution in [2.45, 2.75) is 59.0 Å². The Morgan fingerprint density at radius 3 is 2.00 bits per heavy atom. The molecule has 3 nitrogen and oxygen atoms in total. The van der Waals surface area contributed by atoms with Crippen LogP contribution in [0.15, 0.2) is 0 Å². The molecule has 1 fully saturated rings. The first-order chi connectivity index (χ1) is 7.11. The second-order valence-corrected chi connectivity index (χ2v) is 6.38. The van der Waals surface area contributed by atoms with E-state index in [4.69, 9.17) is 0 Å². The molecule has 16 heavy (non-hydrogen) atoms. The molecule has 0 spiro atoms. The number of likely N-dealkylation sites (N-methyl/N-ethyl adjacent to an activating group) is 1. The van der Waals surface area contributed by atoms with Gasteiger partial charge in [0.1, 0.15) is 5.54 Å². The monoisotopic (exact) mass is 227 g/mol. The van der Waals surface area contributed by atoms with Crippen LogP contribution in [0.5, 0.6) is 0 Å². The Morgan fingerprint density at radius 2 is 1.75 bits per heavy atom. The molecule has 1 saturated carbocycles. The first kappa shape index (κ1) is 13.5. The SMILES string of the molecule is CC(N(C)C(C)(C(=O)O)C1CC1)C(C)(C)C. The Hall–Kier alpha value is -0.570. The lowest BCUT2D eigenvalue weighted by atomic mass is 9.83. The predicted octanol–water partition coefficient (Wildman–Crippen LogP) is 2.61. The minimum absolute atomic E-state index is 0.0976. The second-order valence-electron chi connectivity index (χ2n) is 6.38. The van der Waals surface area contributed by atoms with Crippen LogP contribution in [0.1, 0.15) is 47.5 Å². The number of nitrogens with zero attached hydrogens (tertiary/aromatic N) is 1. The van der Waals surface area contributed by atoms with Crippen molar-refractivity contribution < 1.29 is 9.90 Å². The maximum Gasteiger partial charge on any atom is 0.324 e. The fraction of sp³-hybridized carbons (Fsp3) is 0.923. The lowest BCUT2D eigenvalue weighted by Gasteiger charge is -2.44. The van der Waals surface area contributed by atoms with Gasteiger partial charge in [-0.1, -0.05) is 20.8 Å². The van der Waals surface area contributed by atoms with Crippen molar-refractivity contribution in [2.24, 2.45) is 11.3 Å². The highest BCUT2D eigenvalue weighted by Crippen LogP contribution is 2.44. The number of rotatable bonds is 4. The average Bonchev–Trinajstić information content (AvgIpc) is 2.95. The lowest BCUT2D eigenvalue weighted by molar-refractivity contribution is -0.154. The standard InChI is InChI=1S/C13H25NO2/c1-9(12(2,3)4)14(6)13(5,11(15)16)10-7-8-10/h9-10H,7-8H2,1-6H3,(H,15,16). The van der Waals surface area contributed by atoms with Crippen molar-refractivity contribution >= 4 is 5.97 Å². The molecule has 1 rings (SSSR count). The molecule has 0 aromatic carbocycles. The molecule has 0 bridgehead atoms. The molecule has 0 saturated heterocycles. The van der Waals surface area contributed by atoms with E-state index >= 15 is 0 Å². The molecule has 0 amide bonds. The van der Waals surface area contributed by atoms with E-state index in [2.05, 4.69) is 27.7 Å². The molecule has 0 aromatic heterocycles. The summed E-state index contributed by atoms with van der Waals surface area (Å²) >= 11 is 0. The van der Waals surface area contributed by atoms with Gasteiger partial charge in [-0.05, 0) is 45.1 Å². The molecule has 3 heteroatoms. The Bertz CT molecular complexity index is 278. The molecule has 1 aliphatic carbocycles. The quantitative estimate of drug-likeness (QED) is 0.802. The van der Waals surface area contributed by atoms with Crippen molar-refractivity contribution in [1.29, 1.82) is 0 Å². The van der Waals surface area contributed by atoms with Gasteiger partial charge in [-0.25, -0.2) is 0 Å². The molecule has 2 unspecified atom stereocenters. The minimum atomic E-state index is -0.702. The van der Waals surface area contributed by atoms with E-state index < -0.39 is 11.5 Å². The largest absolute Gasteiger partial charge is 0.480 e. The molecule has 0 aromatic rings. The van der Waals surface area contributed by atoms with Crippen molar-refractivity contribution in [2.75, 3.05) is 7.05 Å². The molecule has 0 heterocycles. The van der Waals surface area contributed by atoms with Gasteiger partial charge < -0.3 is 5.11 Å². The van der Waals surface area contributed by atoms with Crippen LogP contribution in [0.25, 0.3) is 0 Å². The number of aliphatic carboxylic acids is 1. The highest BCUT2D eigenvalue weighted by molar-refractivity contribution is 5.79. The highest BCUT2D eigenvalue weighted by Gasteiger charge is 2.52. The molecule has 0 aliphatic heterocycles. The Morgan fingerprint density at radius 1 is 1.31 bits per heavy atom. The van der Waals surface area contributed by atoms with E-state index in [1.54, 1.807) is 0 Å². The van der Waals surface area contributed by atoms with Gasteiger partial charge in [0.2, 0.25) is 0 Å².